The number of nitrogens with one attached hydrogen (secondary N) is 3. The summed E-state index contributed by atoms with van der Waals surface area (Å²) in [5.74, 6) is 0.825. The van der Waals surface area contributed by atoms with Gasteiger partial charge >= 0.3 is 6.18 Å². The molecule has 0 unspecified atom stereocenters. The molecular formula is C20H19F3N6O. The maximum atomic E-state index is 13.0. The van der Waals surface area contributed by atoms with E-state index in [0.717, 1.165) is 17.7 Å². The number of halogens is 3. The van der Waals surface area contributed by atoms with Crippen molar-refractivity contribution in [1.29, 1.82) is 0 Å². The average Bonchev–Trinajstić information content (AvgIpc) is 2.71. The van der Waals surface area contributed by atoms with Crippen LogP contribution in [-0.4, -0.2) is 34.2 Å². The molecule has 10 heteroatoms. The van der Waals surface area contributed by atoms with Gasteiger partial charge < -0.3 is 16.0 Å². The number of hydrogen-bond acceptors (Lipinski definition) is 6. The molecule has 0 spiro atoms. The molecule has 0 aliphatic rings. The van der Waals surface area contributed by atoms with Crippen LogP contribution in [0.4, 0.5) is 30.6 Å². The third kappa shape index (κ3) is 5.66. The number of hydrogen-bond donors (Lipinski definition) is 3. The largest absolute Gasteiger partial charge is 0.417 e. The Morgan fingerprint density at radius 3 is 2.40 bits per heavy atom. The number of carbonyl (C=O) groups excluding carboxylic acids is 1. The molecule has 2 aromatic heterocycles. The topological polar surface area (TPSA) is 91.8 Å². The van der Waals surface area contributed by atoms with Gasteiger partial charge in [-0.25, -0.2) is 4.98 Å². The number of benzene rings is 1. The Morgan fingerprint density at radius 1 is 0.967 bits per heavy atom. The van der Waals surface area contributed by atoms with Crippen LogP contribution in [0.1, 0.15) is 21.5 Å². The Labute approximate surface area is 170 Å². The minimum absolute atomic E-state index is 0.111. The normalized spacial score (nSPS) is 11.1. The van der Waals surface area contributed by atoms with Crippen molar-refractivity contribution in [3.8, 4) is 0 Å². The first-order valence-corrected chi connectivity index (χ1v) is 9.04. The molecule has 3 rings (SSSR count). The highest BCUT2D eigenvalue weighted by Gasteiger charge is 2.34. The Hall–Kier alpha value is -3.69. The van der Waals surface area contributed by atoms with Crippen LogP contribution in [-0.2, 0) is 6.18 Å². The predicted octanol–water partition coefficient (Wildman–Crippen LogP) is 3.78. The summed E-state index contributed by atoms with van der Waals surface area (Å²) in [5, 5.41) is 16.5. The molecule has 2 heterocycles. The van der Waals surface area contributed by atoms with Crippen molar-refractivity contribution >= 4 is 23.4 Å². The van der Waals surface area contributed by atoms with Crippen molar-refractivity contribution in [2.24, 2.45) is 0 Å². The first kappa shape index (κ1) is 21.0. The highest BCUT2D eigenvalue weighted by molar-refractivity contribution is 5.95. The van der Waals surface area contributed by atoms with Crippen LogP contribution < -0.4 is 16.0 Å². The molecule has 3 N–H and O–H groups in total. The van der Waals surface area contributed by atoms with Gasteiger partial charge in [-0.1, -0.05) is 12.1 Å². The Kier molecular flexibility index (Phi) is 6.45. The summed E-state index contributed by atoms with van der Waals surface area (Å²) in [5.41, 5.74) is -0.323. The van der Waals surface area contributed by atoms with Gasteiger partial charge in [0.2, 0.25) is 0 Å². The van der Waals surface area contributed by atoms with E-state index in [1.807, 2.05) is 19.1 Å². The monoisotopic (exact) mass is 416 g/mol. The zero-order valence-electron chi connectivity index (χ0n) is 16.0. The molecule has 1 amide bonds. The van der Waals surface area contributed by atoms with E-state index in [9.17, 15) is 18.0 Å². The third-order valence-electron chi connectivity index (χ3n) is 4.03. The fourth-order valence-corrected chi connectivity index (χ4v) is 2.62. The van der Waals surface area contributed by atoms with Gasteiger partial charge in [-0.15, -0.1) is 10.2 Å². The van der Waals surface area contributed by atoms with Crippen LogP contribution in [0, 0.1) is 6.92 Å². The van der Waals surface area contributed by atoms with E-state index in [1.165, 1.54) is 12.1 Å². The van der Waals surface area contributed by atoms with Crippen LogP contribution in [0.3, 0.4) is 0 Å². The number of carbonyl (C=O) groups is 1. The van der Waals surface area contributed by atoms with E-state index < -0.39 is 23.2 Å². The summed E-state index contributed by atoms with van der Waals surface area (Å²) < 4.78 is 39.0. The lowest BCUT2D eigenvalue weighted by molar-refractivity contribution is -0.137. The molecule has 3 aromatic rings. The van der Waals surface area contributed by atoms with Gasteiger partial charge in [-0.3, -0.25) is 4.79 Å². The maximum Gasteiger partial charge on any atom is 0.417 e. The minimum atomic E-state index is -4.59. The van der Waals surface area contributed by atoms with E-state index in [4.69, 9.17) is 0 Å². The first-order valence-electron chi connectivity index (χ1n) is 9.04. The van der Waals surface area contributed by atoms with Crippen LogP contribution in [0.5, 0.6) is 0 Å². The number of rotatable bonds is 7. The van der Waals surface area contributed by atoms with Crippen molar-refractivity contribution in [1.82, 2.24) is 20.5 Å². The molecule has 156 valence electrons. The fourth-order valence-electron chi connectivity index (χ4n) is 2.62. The molecule has 0 radical (unpaired) electrons. The van der Waals surface area contributed by atoms with Crippen LogP contribution >= 0.6 is 0 Å². The molecule has 0 atom stereocenters. The van der Waals surface area contributed by atoms with Gasteiger partial charge in [0.05, 0.1) is 11.1 Å². The molecular weight excluding hydrogens is 397 g/mol. The SMILES string of the molecule is Cc1ccnc(Nc2ccc(NCCNC(=O)c3ccccc3C(F)(F)F)nn2)c1. The lowest BCUT2D eigenvalue weighted by Gasteiger charge is -2.13. The lowest BCUT2D eigenvalue weighted by atomic mass is 10.1. The predicted molar refractivity (Wildman–Crippen MR) is 107 cm³/mol. The molecule has 0 bridgehead atoms. The maximum absolute atomic E-state index is 13.0. The van der Waals surface area contributed by atoms with Gasteiger partial charge in [0, 0.05) is 19.3 Å². The fraction of sp³-hybridized carbons (Fsp3) is 0.200. The lowest BCUT2D eigenvalue weighted by Crippen LogP contribution is -2.30. The summed E-state index contributed by atoms with van der Waals surface area (Å²) in [4.78, 5) is 16.3. The quantitative estimate of drug-likeness (QED) is 0.508. The standard InChI is InChI=1S/C20H19F3N6O/c1-13-8-9-24-18(12-13)27-17-7-6-16(28-29-17)25-10-11-26-19(30)14-4-2-3-5-15(14)20(21,22)23/h2-9,12H,10-11H2,1H3,(H,25,28)(H,26,30)(H,24,27,29). The van der Waals surface area contributed by atoms with E-state index >= 15 is 0 Å². The molecule has 7 nitrogen and oxygen atoms in total. The highest BCUT2D eigenvalue weighted by Crippen LogP contribution is 2.31. The van der Waals surface area contributed by atoms with E-state index in [-0.39, 0.29) is 13.1 Å². The first-order chi connectivity index (χ1) is 14.3. The Morgan fingerprint density at radius 2 is 1.70 bits per heavy atom. The molecule has 30 heavy (non-hydrogen) atoms. The van der Waals surface area contributed by atoms with E-state index in [0.29, 0.717) is 17.5 Å². The second kappa shape index (κ2) is 9.21. The Bertz CT molecular complexity index is 1010. The van der Waals surface area contributed by atoms with Crippen LogP contribution in [0.15, 0.2) is 54.7 Å². The van der Waals surface area contributed by atoms with E-state index in [1.54, 1.807) is 18.3 Å². The number of aromatic nitrogens is 3. The summed E-state index contributed by atoms with van der Waals surface area (Å²) in [6.07, 6.45) is -2.91. The number of anilines is 3. The molecule has 0 saturated heterocycles. The van der Waals surface area contributed by atoms with Gasteiger partial charge in [0.1, 0.15) is 11.6 Å². The van der Waals surface area contributed by atoms with Gasteiger partial charge in [-0.05, 0) is 48.9 Å². The second-order valence-electron chi connectivity index (χ2n) is 6.37. The highest BCUT2D eigenvalue weighted by atomic mass is 19.4. The number of nitrogens with zero attached hydrogens (tertiary/aromatic N) is 3. The van der Waals surface area contributed by atoms with Crippen molar-refractivity contribution < 1.29 is 18.0 Å². The zero-order valence-corrected chi connectivity index (χ0v) is 16.0. The van der Waals surface area contributed by atoms with Crippen molar-refractivity contribution in [3.63, 3.8) is 0 Å². The molecule has 0 aliphatic heterocycles. The third-order valence-corrected chi connectivity index (χ3v) is 4.03. The Balaban J connectivity index is 1.48. The minimum Gasteiger partial charge on any atom is -0.367 e. The number of pyridine rings is 1. The van der Waals surface area contributed by atoms with Crippen LogP contribution in [0.2, 0.25) is 0 Å². The number of aryl methyl sites for hydroxylation is 1. The number of amides is 1. The summed E-state index contributed by atoms with van der Waals surface area (Å²) >= 11 is 0. The summed E-state index contributed by atoms with van der Waals surface area (Å²) in [7, 11) is 0. The zero-order chi connectivity index (χ0) is 21.6. The van der Waals surface area contributed by atoms with E-state index in [2.05, 4.69) is 31.1 Å². The summed E-state index contributed by atoms with van der Waals surface area (Å²) in [6.45, 7) is 2.33. The van der Waals surface area contributed by atoms with Crippen molar-refractivity contribution in [3.05, 3.63) is 71.4 Å². The average molecular weight is 416 g/mol. The van der Waals surface area contributed by atoms with Crippen LogP contribution in [0.25, 0.3) is 0 Å². The van der Waals surface area contributed by atoms with Gasteiger partial charge in [-0.2, -0.15) is 13.2 Å². The second-order valence-corrected chi connectivity index (χ2v) is 6.37. The molecule has 1 aromatic carbocycles. The molecule has 0 aliphatic carbocycles. The van der Waals surface area contributed by atoms with Crippen molar-refractivity contribution in [2.75, 3.05) is 23.7 Å². The smallest absolute Gasteiger partial charge is 0.367 e. The molecule has 0 saturated carbocycles. The van der Waals surface area contributed by atoms with Crippen molar-refractivity contribution in [2.45, 2.75) is 13.1 Å². The molecule has 0 fully saturated rings. The van der Waals surface area contributed by atoms with Gasteiger partial charge in [0.25, 0.3) is 5.91 Å². The number of alkyl halides is 3. The summed E-state index contributed by atoms with van der Waals surface area (Å²) in [6, 6.07) is 11.8. The van der Waals surface area contributed by atoms with Gasteiger partial charge in [0.15, 0.2) is 5.82 Å².